The van der Waals surface area contributed by atoms with Gasteiger partial charge in [0, 0.05) is 12.1 Å². The van der Waals surface area contributed by atoms with Crippen LogP contribution in [0.4, 0.5) is 0 Å². The van der Waals surface area contributed by atoms with Crippen molar-refractivity contribution in [2.24, 2.45) is 22.9 Å². The first kappa shape index (κ1) is 29.3. The Morgan fingerprint density at radius 1 is 0.730 bits per heavy atom. The maximum Gasteiger partial charge on any atom is 0.189 e. The van der Waals surface area contributed by atoms with Crippen molar-refractivity contribution in [2.75, 3.05) is 13.7 Å². The first-order valence-corrected chi connectivity index (χ1v) is 12.5. The van der Waals surface area contributed by atoms with Gasteiger partial charge in [-0.3, -0.25) is 0 Å². The zero-order valence-corrected chi connectivity index (χ0v) is 20.5. The molecule has 37 heavy (non-hydrogen) atoms. The molecule has 0 amide bonds. The van der Waals surface area contributed by atoms with Crippen LogP contribution in [0.5, 0.6) is 0 Å². The Bertz CT molecular complexity index is 756. The van der Waals surface area contributed by atoms with Crippen molar-refractivity contribution in [1.29, 1.82) is 0 Å². The van der Waals surface area contributed by atoms with E-state index in [1.54, 1.807) is 7.05 Å². The van der Waals surface area contributed by atoms with E-state index in [1.807, 2.05) is 0 Å². The molecule has 0 spiro atoms. The molecule has 4 aliphatic rings. The van der Waals surface area contributed by atoms with Crippen molar-refractivity contribution >= 4 is 0 Å². The van der Waals surface area contributed by atoms with E-state index < -0.39 is 111 Å². The zero-order valence-electron chi connectivity index (χ0n) is 20.5. The van der Waals surface area contributed by atoms with Crippen LogP contribution in [0.2, 0.25) is 0 Å². The fourth-order valence-corrected chi connectivity index (χ4v) is 5.46. The van der Waals surface area contributed by atoms with E-state index in [4.69, 9.17) is 46.6 Å². The maximum absolute atomic E-state index is 11.1. The highest BCUT2D eigenvalue weighted by atomic mass is 16.8. The predicted molar refractivity (Wildman–Crippen MR) is 123 cm³/mol. The third-order valence-electron chi connectivity index (χ3n) is 7.74. The second kappa shape index (κ2) is 11.8. The zero-order chi connectivity index (χ0) is 27.2. The summed E-state index contributed by atoms with van der Waals surface area (Å²) in [5.74, 6) is 0. The minimum atomic E-state index is -1.54. The van der Waals surface area contributed by atoms with Crippen LogP contribution >= 0.6 is 0 Å². The van der Waals surface area contributed by atoms with Gasteiger partial charge < -0.3 is 82.6 Å². The van der Waals surface area contributed by atoms with E-state index in [0.717, 1.165) is 0 Å². The van der Waals surface area contributed by atoms with Gasteiger partial charge in [0.25, 0.3) is 0 Å². The lowest BCUT2D eigenvalue weighted by molar-refractivity contribution is -0.373. The third-order valence-corrected chi connectivity index (χ3v) is 7.74. The first-order valence-electron chi connectivity index (χ1n) is 12.5. The molecule has 1 saturated carbocycles. The van der Waals surface area contributed by atoms with Gasteiger partial charge in [-0.1, -0.05) is 0 Å². The van der Waals surface area contributed by atoms with Crippen molar-refractivity contribution in [2.45, 2.75) is 117 Å². The Morgan fingerprint density at radius 3 is 2.08 bits per heavy atom. The average molecular weight is 540 g/mol. The van der Waals surface area contributed by atoms with Crippen molar-refractivity contribution in [3.8, 4) is 0 Å². The van der Waals surface area contributed by atoms with Crippen molar-refractivity contribution < 1.29 is 54.3 Å². The highest BCUT2D eigenvalue weighted by Crippen LogP contribution is 2.35. The number of hydrogen-bond acceptors (Lipinski definition) is 16. The predicted octanol–water partition coefficient (Wildman–Crippen LogP) is -6.95. The molecule has 3 heterocycles. The average Bonchev–Trinajstić information content (AvgIpc) is 2.86. The second-order valence-electron chi connectivity index (χ2n) is 10.3. The molecule has 4 fully saturated rings. The summed E-state index contributed by atoms with van der Waals surface area (Å²) >= 11 is 0. The fourth-order valence-electron chi connectivity index (χ4n) is 5.46. The molecule has 0 aromatic heterocycles. The van der Waals surface area contributed by atoms with Crippen LogP contribution in [0.3, 0.4) is 0 Å². The van der Waals surface area contributed by atoms with Crippen LogP contribution in [0.15, 0.2) is 0 Å². The molecule has 0 aromatic carbocycles. The summed E-state index contributed by atoms with van der Waals surface area (Å²) in [4.78, 5) is 0. The minimum Gasteiger partial charge on any atom is -0.394 e. The smallest absolute Gasteiger partial charge is 0.189 e. The van der Waals surface area contributed by atoms with Gasteiger partial charge in [-0.25, -0.2) is 0 Å². The number of fused-ring (bicyclic) bond motifs is 1. The van der Waals surface area contributed by atoms with E-state index in [1.165, 1.54) is 0 Å². The molecule has 0 radical (unpaired) electrons. The lowest BCUT2D eigenvalue weighted by Crippen LogP contribution is -2.70. The molecule has 1 aliphatic carbocycles. The van der Waals surface area contributed by atoms with E-state index in [2.05, 4.69) is 5.32 Å². The summed E-state index contributed by atoms with van der Waals surface area (Å²) in [7, 11) is 1.55. The molecule has 0 bridgehead atoms. The van der Waals surface area contributed by atoms with Gasteiger partial charge in [0.05, 0.1) is 36.9 Å². The van der Waals surface area contributed by atoms with E-state index >= 15 is 0 Å². The number of ether oxygens (including phenoxy) is 5. The van der Waals surface area contributed by atoms with Crippen LogP contribution in [0.1, 0.15) is 12.8 Å². The summed E-state index contributed by atoms with van der Waals surface area (Å²) in [6.07, 6.45) is -13.7. The molecule has 16 nitrogen and oxygen atoms in total. The molecule has 15 N–H and O–H groups in total. The number of aliphatic hydroxyl groups is 6. The summed E-state index contributed by atoms with van der Waals surface area (Å²) < 4.78 is 29.2. The van der Waals surface area contributed by atoms with Crippen LogP contribution in [0, 0.1) is 0 Å². The number of likely N-dealkylation sites (N-methyl/N-ethyl adjacent to an activating group) is 1. The summed E-state index contributed by atoms with van der Waals surface area (Å²) in [6.45, 7) is -0.508. The molecular weight excluding hydrogens is 498 g/mol. The Morgan fingerprint density at radius 2 is 1.43 bits per heavy atom. The maximum atomic E-state index is 11.1. The van der Waals surface area contributed by atoms with Crippen LogP contribution in [-0.4, -0.2) is 148 Å². The van der Waals surface area contributed by atoms with Crippen molar-refractivity contribution in [3.05, 3.63) is 0 Å². The van der Waals surface area contributed by atoms with Gasteiger partial charge in [-0.15, -0.1) is 0 Å². The molecule has 3 saturated heterocycles. The molecule has 17 atom stereocenters. The fraction of sp³-hybridized carbons (Fsp3) is 1.00. The Kier molecular flexibility index (Phi) is 9.40. The van der Waals surface area contributed by atoms with Crippen LogP contribution in [0.25, 0.3) is 0 Å². The highest BCUT2D eigenvalue weighted by Gasteiger charge is 2.54. The minimum absolute atomic E-state index is 0.156. The molecule has 1 unspecified atom stereocenters. The largest absolute Gasteiger partial charge is 0.394 e. The highest BCUT2D eigenvalue weighted by molar-refractivity contribution is 5.01. The third kappa shape index (κ3) is 5.66. The molecular formula is C21H41N5O11. The number of rotatable bonds is 6. The van der Waals surface area contributed by atoms with E-state index in [0.29, 0.717) is 0 Å². The molecule has 3 aliphatic heterocycles. The quantitative estimate of drug-likeness (QED) is 0.149. The Labute approximate surface area is 213 Å². The lowest BCUT2D eigenvalue weighted by Gasteiger charge is -2.51. The second-order valence-corrected chi connectivity index (χ2v) is 10.3. The normalized spacial score (nSPS) is 55.1. The van der Waals surface area contributed by atoms with Gasteiger partial charge in [0.15, 0.2) is 18.9 Å². The van der Waals surface area contributed by atoms with Gasteiger partial charge >= 0.3 is 0 Å². The van der Waals surface area contributed by atoms with Gasteiger partial charge in [-0.2, -0.15) is 0 Å². The monoisotopic (exact) mass is 539 g/mol. The summed E-state index contributed by atoms with van der Waals surface area (Å²) in [6, 6.07) is -4.05. The molecule has 0 aromatic rings. The lowest BCUT2D eigenvalue weighted by atomic mass is 9.84. The van der Waals surface area contributed by atoms with Gasteiger partial charge in [0.2, 0.25) is 0 Å². The Hall–Kier alpha value is -0.640. The first-order chi connectivity index (χ1) is 17.5. The number of nitrogens with two attached hydrogens (primary N) is 4. The number of aliphatic hydroxyl groups excluding tert-OH is 6. The van der Waals surface area contributed by atoms with Crippen LogP contribution in [-0.2, 0) is 23.7 Å². The number of hydrogen-bond donors (Lipinski definition) is 11. The topological polar surface area (TPSA) is 284 Å². The van der Waals surface area contributed by atoms with E-state index in [9.17, 15) is 30.6 Å². The van der Waals surface area contributed by atoms with Crippen LogP contribution < -0.4 is 28.3 Å². The molecule has 4 rings (SSSR count). The molecule has 16 heteroatoms. The van der Waals surface area contributed by atoms with Gasteiger partial charge in [0.1, 0.15) is 42.7 Å². The van der Waals surface area contributed by atoms with Crippen molar-refractivity contribution in [3.63, 3.8) is 0 Å². The summed E-state index contributed by atoms with van der Waals surface area (Å²) in [5, 5.41) is 64.7. The SMILES string of the molecule is CN[C@@H]1[C@@H](O[C@H]2O[C@H](CO)[C@@H](N)[C@H](O)[C@H]2O)O[C@H]2C[C@@H](N)[C@H](OC3[C@@H](N)C[C@@H](N)[C@H](O)[C@H]3O)O[C@@H]2[C@@H]1O. The van der Waals surface area contributed by atoms with E-state index in [-0.39, 0.29) is 12.8 Å². The molecule has 216 valence electrons. The standard InChI is InChI=1S/C21H41N5O11/c1-26-11-14(30)18-8(33-20(11)37-21-16(32)13(29)10(25)9(4-27)34-21)3-7(24)19(36-18)35-17-6(23)2-5(22)12(28)15(17)31/h5-21,26-32H,2-4,22-25H2,1H3/t5-,6+,7-,8+,9-,10-,11+,12+,13+,14-,15-,16-,17?,18+,19-,20-,21-/m1/s1. The number of nitrogens with one attached hydrogen (secondary N) is 1. The van der Waals surface area contributed by atoms with Crippen molar-refractivity contribution in [1.82, 2.24) is 5.32 Å². The van der Waals surface area contributed by atoms with Gasteiger partial charge in [-0.05, 0) is 19.9 Å². The summed E-state index contributed by atoms with van der Waals surface area (Å²) in [5.41, 5.74) is 24.0. The Balaban J connectivity index is 1.43.